The van der Waals surface area contributed by atoms with E-state index in [1.807, 2.05) is 91.9 Å². The third-order valence-corrected chi connectivity index (χ3v) is 6.32. The van der Waals surface area contributed by atoms with Gasteiger partial charge < -0.3 is 0 Å². The van der Waals surface area contributed by atoms with E-state index in [0.29, 0.717) is 11.1 Å². The van der Waals surface area contributed by atoms with E-state index in [1.54, 1.807) is 19.1 Å². The fraction of sp³-hybridized carbons (Fsp3) is 0.179. The van der Waals surface area contributed by atoms with Crippen LogP contribution in [0.2, 0.25) is 0 Å². The number of carbonyl (C=O) groups is 1. The average molecular weight is 424 g/mol. The molecule has 4 nitrogen and oxygen atoms in total. The molecule has 0 fully saturated rings. The minimum absolute atomic E-state index is 0.163. The number of hydrogen-bond donors (Lipinski definition) is 0. The standard InChI is InChI=1S/C28H25NO3/c1-20-24(18-21-12-6-3-7-13-21)19-28(2,29(31)32)26(22-14-8-4-9-15-22)25(20)27(30)23-16-10-5-11-17-23/h3-18,26H,19H2,1-2H3/b24-18-. The Hall–Kier alpha value is -3.79. The summed E-state index contributed by atoms with van der Waals surface area (Å²) >= 11 is 0. The van der Waals surface area contributed by atoms with Crippen LogP contribution in [0.3, 0.4) is 0 Å². The van der Waals surface area contributed by atoms with E-state index in [-0.39, 0.29) is 17.1 Å². The number of ketones is 1. The molecule has 0 saturated heterocycles. The molecule has 32 heavy (non-hydrogen) atoms. The van der Waals surface area contributed by atoms with Gasteiger partial charge in [-0.25, -0.2) is 0 Å². The molecule has 0 heterocycles. The fourth-order valence-electron chi connectivity index (χ4n) is 4.62. The van der Waals surface area contributed by atoms with Crippen molar-refractivity contribution >= 4 is 11.9 Å². The number of hydrogen-bond acceptors (Lipinski definition) is 3. The summed E-state index contributed by atoms with van der Waals surface area (Å²) in [6.07, 6.45) is 2.21. The van der Waals surface area contributed by atoms with E-state index in [1.165, 1.54) is 0 Å². The van der Waals surface area contributed by atoms with Gasteiger partial charge in [-0.15, -0.1) is 0 Å². The first-order valence-corrected chi connectivity index (χ1v) is 10.7. The second-order valence-electron chi connectivity index (χ2n) is 8.45. The van der Waals surface area contributed by atoms with Crippen molar-refractivity contribution in [3.63, 3.8) is 0 Å². The van der Waals surface area contributed by atoms with Crippen LogP contribution in [0.25, 0.3) is 6.08 Å². The summed E-state index contributed by atoms with van der Waals surface area (Å²) in [5.41, 5.74) is 3.05. The zero-order valence-corrected chi connectivity index (χ0v) is 18.2. The highest BCUT2D eigenvalue weighted by Gasteiger charge is 2.53. The molecule has 2 unspecified atom stereocenters. The zero-order valence-electron chi connectivity index (χ0n) is 18.2. The van der Waals surface area contributed by atoms with Crippen molar-refractivity contribution in [3.8, 4) is 0 Å². The number of nitro groups is 1. The van der Waals surface area contributed by atoms with Crippen molar-refractivity contribution in [2.24, 2.45) is 0 Å². The van der Waals surface area contributed by atoms with Crippen LogP contribution in [0.15, 0.2) is 108 Å². The molecule has 0 amide bonds. The molecule has 4 rings (SSSR count). The molecule has 4 heteroatoms. The number of Topliss-reactive ketones (excluding diaryl/α,β-unsaturated/α-hetero) is 1. The Kier molecular flexibility index (Phi) is 5.87. The van der Waals surface area contributed by atoms with Crippen LogP contribution in [0.5, 0.6) is 0 Å². The lowest BCUT2D eigenvalue weighted by Gasteiger charge is -2.38. The van der Waals surface area contributed by atoms with Gasteiger partial charge in [-0.2, -0.15) is 0 Å². The Labute approximate surface area is 188 Å². The first-order valence-electron chi connectivity index (χ1n) is 10.7. The number of benzene rings is 3. The predicted molar refractivity (Wildman–Crippen MR) is 127 cm³/mol. The third-order valence-electron chi connectivity index (χ3n) is 6.32. The van der Waals surface area contributed by atoms with Gasteiger partial charge in [0.1, 0.15) is 0 Å². The monoisotopic (exact) mass is 423 g/mol. The molecule has 1 aliphatic rings. The minimum atomic E-state index is -1.36. The summed E-state index contributed by atoms with van der Waals surface area (Å²) in [5.74, 6) is -0.817. The predicted octanol–water partition coefficient (Wildman–Crippen LogP) is 6.49. The Morgan fingerprint density at radius 2 is 1.47 bits per heavy atom. The van der Waals surface area contributed by atoms with Gasteiger partial charge >= 0.3 is 0 Å². The molecule has 3 aromatic rings. The van der Waals surface area contributed by atoms with E-state index in [0.717, 1.165) is 22.3 Å². The highest BCUT2D eigenvalue weighted by atomic mass is 16.6. The topological polar surface area (TPSA) is 60.2 Å². The van der Waals surface area contributed by atoms with Crippen LogP contribution < -0.4 is 0 Å². The second-order valence-corrected chi connectivity index (χ2v) is 8.45. The number of allylic oxidation sites excluding steroid dienone is 1. The van der Waals surface area contributed by atoms with Gasteiger partial charge in [0.2, 0.25) is 5.54 Å². The summed E-state index contributed by atoms with van der Waals surface area (Å²) in [5, 5.41) is 12.5. The molecule has 0 aliphatic heterocycles. The van der Waals surface area contributed by atoms with Crippen molar-refractivity contribution in [3.05, 3.63) is 135 Å². The van der Waals surface area contributed by atoms with Gasteiger partial charge in [0.25, 0.3) is 0 Å². The molecule has 2 atom stereocenters. The lowest BCUT2D eigenvalue weighted by atomic mass is 9.64. The molecule has 0 bridgehead atoms. The minimum Gasteiger partial charge on any atom is -0.289 e. The molecule has 3 aromatic carbocycles. The Morgan fingerprint density at radius 1 is 0.938 bits per heavy atom. The Morgan fingerprint density at radius 3 is 2.03 bits per heavy atom. The lowest BCUT2D eigenvalue weighted by molar-refractivity contribution is -0.568. The molecular formula is C28H25NO3. The van der Waals surface area contributed by atoms with Crippen LogP contribution in [0, 0.1) is 10.1 Å². The van der Waals surface area contributed by atoms with Gasteiger partial charge in [-0.3, -0.25) is 14.9 Å². The fourth-order valence-corrected chi connectivity index (χ4v) is 4.62. The Balaban J connectivity index is 1.99. The van der Waals surface area contributed by atoms with Crippen molar-refractivity contribution in [1.29, 1.82) is 0 Å². The van der Waals surface area contributed by atoms with Crippen molar-refractivity contribution in [1.82, 2.24) is 0 Å². The summed E-state index contributed by atoms with van der Waals surface area (Å²) in [6, 6.07) is 28.1. The van der Waals surface area contributed by atoms with Gasteiger partial charge in [-0.1, -0.05) is 97.1 Å². The molecular weight excluding hydrogens is 398 g/mol. The normalized spacial score (nSPS) is 22.1. The van der Waals surface area contributed by atoms with E-state index in [4.69, 9.17) is 0 Å². The smallest absolute Gasteiger partial charge is 0.234 e. The molecule has 0 aromatic heterocycles. The second kappa shape index (κ2) is 8.75. The van der Waals surface area contributed by atoms with Gasteiger partial charge in [0.15, 0.2) is 5.78 Å². The van der Waals surface area contributed by atoms with E-state index >= 15 is 0 Å². The molecule has 1 aliphatic carbocycles. The van der Waals surface area contributed by atoms with Crippen molar-refractivity contribution in [2.75, 3.05) is 0 Å². The maximum Gasteiger partial charge on any atom is 0.234 e. The highest BCUT2D eigenvalue weighted by molar-refractivity contribution is 6.11. The first kappa shape index (κ1) is 21.4. The number of rotatable bonds is 5. The summed E-state index contributed by atoms with van der Waals surface area (Å²) in [4.78, 5) is 26.1. The van der Waals surface area contributed by atoms with Gasteiger partial charge in [0, 0.05) is 29.4 Å². The quantitative estimate of drug-likeness (QED) is 0.268. The molecule has 0 N–H and O–H groups in total. The van der Waals surface area contributed by atoms with Crippen LogP contribution in [-0.4, -0.2) is 16.2 Å². The van der Waals surface area contributed by atoms with Crippen molar-refractivity contribution in [2.45, 2.75) is 31.7 Å². The SMILES string of the molecule is CC1=C(C(=O)c2ccccc2)C(c2ccccc2)C(C)([N+](=O)[O-])C/C1=C/c1ccccc1. The molecule has 160 valence electrons. The summed E-state index contributed by atoms with van der Waals surface area (Å²) in [6.45, 7) is 3.58. The molecule has 0 saturated carbocycles. The first-order chi connectivity index (χ1) is 15.4. The van der Waals surface area contributed by atoms with Crippen LogP contribution in [0.4, 0.5) is 0 Å². The third kappa shape index (κ3) is 3.92. The number of carbonyl (C=O) groups excluding carboxylic acids is 1. The van der Waals surface area contributed by atoms with E-state index in [9.17, 15) is 14.9 Å². The van der Waals surface area contributed by atoms with Crippen molar-refractivity contribution < 1.29 is 9.72 Å². The van der Waals surface area contributed by atoms with E-state index in [2.05, 4.69) is 0 Å². The van der Waals surface area contributed by atoms with Gasteiger partial charge in [0.05, 0.1) is 5.92 Å². The maximum absolute atomic E-state index is 13.8. The lowest BCUT2D eigenvalue weighted by Crippen LogP contribution is -2.46. The number of nitrogens with zero attached hydrogens (tertiary/aromatic N) is 1. The van der Waals surface area contributed by atoms with Crippen LogP contribution in [0.1, 0.15) is 47.7 Å². The van der Waals surface area contributed by atoms with Crippen LogP contribution in [-0.2, 0) is 0 Å². The Bertz CT molecular complexity index is 1200. The summed E-state index contributed by atoms with van der Waals surface area (Å²) in [7, 11) is 0. The largest absolute Gasteiger partial charge is 0.289 e. The molecule has 0 radical (unpaired) electrons. The van der Waals surface area contributed by atoms with Crippen LogP contribution >= 0.6 is 0 Å². The van der Waals surface area contributed by atoms with Gasteiger partial charge in [-0.05, 0) is 29.2 Å². The van der Waals surface area contributed by atoms with E-state index < -0.39 is 11.5 Å². The molecule has 0 spiro atoms. The summed E-state index contributed by atoms with van der Waals surface area (Å²) < 4.78 is 0. The zero-order chi connectivity index (χ0) is 22.7. The average Bonchev–Trinajstić information content (AvgIpc) is 2.82. The maximum atomic E-state index is 13.8. The highest BCUT2D eigenvalue weighted by Crippen LogP contribution is 2.49.